The van der Waals surface area contributed by atoms with Crippen LogP contribution in [0.5, 0.6) is 0 Å². The van der Waals surface area contributed by atoms with E-state index < -0.39 is 0 Å². The van der Waals surface area contributed by atoms with Crippen LogP contribution in [-0.4, -0.2) is 48.0 Å². The molecule has 0 aliphatic rings. The minimum absolute atomic E-state index is 0.0459. The first kappa shape index (κ1) is 15.2. The van der Waals surface area contributed by atoms with E-state index in [1.807, 2.05) is 27.8 Å². The Hall–Kier alpha value is -1.85. The van der Waals surface area contributed by atoms with Gasteiger partial charge in [-0.3, -0.25) is 4.79 Å². The summed E-state index contributed by atoms with van der Waals surface area (Å²) in [5.74, 6) is 2.32. The molecule has 106 valence electrons. The first-order chi connectivity index (χ1) is 9.03. The molecular formula is C13H23N5O. The summed E-state index contributed by atoms with van der Waals surface area (Å²) >= 11 is 0. The summed E-state index contributed by atoms with van der Waals surface area (Å²) in [6.07, 6.45) is 0.756. The molecule has 1 heterocycles. The Morgan fingerprint density at radius 1 is 1.26 bits per heavy atom. The van der Waals surface area contributed by atoms with Crippen LogP contribution in [0.15, 0.2) is 0 Å². The van der Waals surface area contributed by atoms with Crippen molar-refractivity contribution in [2.75, 3.05) is 37.8 Å². The number of amides is 1. The van der Waals surface area contributed by atoms with Gasteiger partial charge in [-0.1, -0.05) is 6.92 Å². The molecule has 1 rings (SSSR count). The second kappa shape index (κ2) is 6.92. The number of rotatable bonds is 6. The van der Waals surface area contributed by atoms with Gasteiger partial charge in [-0.05, 0) is 13.8 Å². The number of anilines is 2. The van der Waals surface area contributed by atoms with E-state index in [1.165, 1.54) is 0 Å². The van der Waals surface area contributed by atoms with Crippen molar-refractivity contribution in [1.29, 1.82) is 0 Å². The van der Waals surface area contributed by atoms with Gasteiger partial charge in [0.05, 0.1) is 6.54 Å². The van der Waals surface area contributed by atoms with Crippen LogP contribution in [0.25, 0.3) is 0 Å². The maximum Gasteiger partial charge on any atom is 0.241 e. The van der Waals surface area contributed by atoms with E-state index in [0.29, 0.717) is 12.4 Å². The average Bonchev–Trinajstić information content (AvgIpc) is 2.44. The van der Waals surface area contributed by atoms with Gasteiger partial charge >= 0.3 is 0 Å². The largest absolute Gasteiger partial charge is 0.373 e. The molecule has 6 heteroatoms. The minimum Gasteiger partial charge on any atom is -0.373 e. The summed E-state index contributed by atoms with van der Waals surface area (Å²) in [5, 5.41) is 6.14. The standard InChI is InChI=1S/C13H23N5O/c1-6-10-16-12(14-4)9(3)13(17-10)15-8-11(19)18(5)7-2/h6-8H2,1-5H3,(H2,14,15,16,17). The average molecular weight is 265 g/mol. The van der Waals surface area contributed by atoms with Crippen molar-refractivity contribution in [3.63, 3.8) is 0 Å². The highest BCUT2D eigenvalue weighted by Gasteiger charge is 2.11. The van der Waals surface area contributed by atoms with E-state index >= 15 is 0 Å². The summed E-state index contributed by atoms with van der Waals surface area (Å²) in [7, 11) is 3.61. The number of carbonyl (C=O) groups is 1. The smallest absolute Gasteiger partial charge is 0.241 e. The van der Waals surface area contributed by atoms with Crippen molar-refractivity contribution in [3.8, 4) is 0 Å². The molecule has 0 spiro atoms. The number of likely N-dealkylation sites (N-methyl/N-ethyl adjacent to an activating group) is 1. The zero-order chi connectivity index (χ0) is 14.4. The quantitative estimate of drug-likeness (QED) is 0.811. The molecule has 0 saturated heterocycles. The highest BCUT2D eigenvalue weighted by atomic mass is 16.2. The Labute approximate surface area is 114 Å². The highest BCUT2D eigenvalue weighted by molar-refractivity contribution is 5.80. The van der Waals surface area contributed by atoms with Gasteiger partial charge in [0, 0.05) is 32.6 Å². The third-order valence-corrected chi connectivity index (χ3v) is 3.05. The van der Waals surface area contributed by atoms with E-state index in [4.69, 9.17) is 0 Å². The molecule has 1 aromatic heterocycles. The zero-order valence-electron chi connectivity index (χ0n) is 12.4. The van der Waals surface area contributed by atoms with Crippen molar-refractivity contribution in [2.45, 2.75) is 27.2 Å². The van der Waals surface area contributed by atoms with Crippen LogP contribution in [0.1, 0.15) is 25.2 Å². The van der Waals surface area contributed by atoms with Gasteiger partial charge in [0.2, 0.25) is 5.91 Å². The van der Waals surface area contributed by atoms with Crippen molar-refractivity contribution >= 4 is 17.5 Å². The third-order valence-electron chi connectivity index (χ3n) is 3.05. The molecule has 2 N–H and O–H groups in total. The highest BCUT2D eigenvalue weighted by Crippen LogP contribution is 2.19. The molecule has 0 aromatic carbocycles. The lowest BCUT2D eigenvalue weighted by Gasteiger charge is -2.17. The van der Waals surface area contributed by atoms with Crippen LogP contribution in [0.3, 0.4) is 0 Å². The molecule has 0 aliphatic heterocycles. The van der Waals surface area contributed by atoms with Gasteiger partial charge in [0.15, 0.2) is 0 Å². The molecule has 1 amide bonds. The van der Waals surface area contributed by atoms with Gasteiger partial charge in [-0.15, -0.1) is 0 Å². The molecule has 6 nitrogen and oxygen atoms in total. The number of hydrogen-bond acceptors (Lipinski definition) is 5. The number of nitrogens with one attached hydrogen (secondary N) is 2. The second-order valence-corrected chi connectivity index (χ2v) is 4.33. The maximum absolute atomic E-state index is 11.8. The van der Waals surface area contributed by atoms with Crippen LogP contribution in [-0.2, 0) is 11.2 Å². The molecule has 19 heavy (non-hydrogen) atoms. The van der Waals surface area contributed by atoms with Crippen LogP contribution in [0, 0.1) is 6.92 Å². The van der Waals surface area contributed by atoms with Crippen LogP contribution >= 0.6 is 0 Å². The molecular weight excluding hydrogens is 242 g/mol. The van der Waals surface area contributed by atoms with Crippen LogP contribution in [0.4, 0.5) is 11.6 Å². The monoisotopic (exact) mass is 265 g/mol. The van der Waals surface area contributed by atoms with Crippen molar-refractivity contribution in [2.24, 2.45) is 0 Å². The first-order valence-corrected chi connectivity index (χ1v) is 6.56. The molecule has 0 bridgehead atoms. The fraction of sp³-hybridized carbons (Fsp3) is 0.615. The summed E-state index contributed by atoms with van der Waals surface area (Å²) in [6, 6.07) is 0. The number of nitrogens with zero attached hydrogens (tertiary/aromatic N) is 3. The van der Waals surface area contributed by atoms with E-state index in [2.05, 4.69) is 20.6 Å². The van der Waals surface area contributed by atoms with E-state index in [1.54, 1.807) is 11.9 Å². The number of carbonyl (C=O) groups excluding carboxylic acids is 1. The normalized spacial score (nSPS) is 10.2. The predicted molar refractivity (Wildman–Crippen MR) is 77.5 cm³/mol. The molecule has 0 aliphatic carbocycles. The van der Waals surface area contributed by atoms with Crippen molar-refractivity contribution in [1.82, 2.24) is 14.9 Å². The molecule has 0 radical (unpaired) electrons. The molecule has 0 unspecified atom stereocenters. The predicted octanol–water partition coefficient (Wildman–Crippen LogP) is 1.28. The van der Waals surface area contributed by atoms with Gasteiger partial charge < -0.3 is 15.5 Å². The molecule has 0 fully saturated rings. The Morgan fingerprint density at radius 2 is 1.89 bits per heavy atom. The summed E-state index contributed by atoms with van der Waals surface area (Å²) in [6.45, 7) is 6.83. The van der Waals surface area contributed by atoms with Gasteiger partial charge in [0.1, 0.15) is 17.5 Å². The topological polar surface area (TPSA) is 70.2 Å². The SMILES string of the molecule is CCc1nc(NC)c(C)c(NCC(=O)N(C)CC)n1. The lowest BCUT2D eigenvalue weighted by Crippen LogP contribution is -2.32. The Morgan fingerprint density at radius 3 is 2.42 bits per heavy atom. The van der Waals surface area contributed by atoms with E-state index in [0.717, 1.165) is 23.6 Å². The summed E-state index contributed by atoms with van der Waals surface area (Å²) in [4.78, 5) is 22.3. The minimum atomic E-state index is 0.0459. The lowest BCUT2D eigenvalue weighted by molar-refractivity contribution is -0.127. The Balaban J connectivity index is 2.85. The van der Waals surface area contributed by atoms with E-state index in [9.17, 15) is 4.79 Å². The fourth-order valence-electron chi connectivity index (χ4n) is 1.61. The van der Waals surface area contributed by atoms with Crippen molar-refractivity contribution < 1.29 is 4.79 Å². The Kier molecular flexibility index (Phi) is 5.54. The number of aryl methyl sites for hydroxylation is 1. The van der Waals surface area contributed by atoms with Gasteiger partial charge in [-0.25, -0.2) is 9.97 Å². The molecule has 0 saturated carbocycles. The lowest BCUT2D eigenvalue weighted by atomic mass is 10.3. The van der Waals surface area contributed by atoms with Crippen LogP contribution in [0.2, 0.25) is 0 Å². The zero-order valence-corrected chi connectivity index (χ0v) is 12.4. The van der Waals surface area contributed by atoms with E-state index in [-0.39, 0.29) is 12.5 Å². The Bertz CT molecular complexity index is 447. The number of aromatic nitrogens is 2. The first-order valence-electron chi connectivity index (χ1n) is 6.56. The van der Waals surface area contributed by atoms with Gasteiger partial charge in [0.25, 0.3) is 0 Å². The fourth-order valence-corrected chi connectivity index (χ4v) is 1.61. The van der Waals surface area contributed by atoms with Crippen LogP contribution < -0.4 is 10.6 Å². The second-order valence-electron chi connectivity index (χ2n) is 4.33. The summed E-state index contributed by atoms with van der Waals surface area (Å²) < 4.78 is 0. The molecule has 1 aromatic rings. The third kappa shape index (κ3) is 3.81. The maximum atomic E-state index is 11.8. The summed E-state index contributed by atoms with van der Waals surface area (Å²) in [5.41, 5.74) is 0.923. The van der Waals surface area contributed by atoms with Gasteiger partial charge in [-0.2, -0.15) is 0 Å². The number of hydrogen-bond donors (Lipinski definition) is 2. The molecule has 0 atom stereocenters. The van der Waals surface area contributed by atoms with Crippen molar-refractivity contribution in [3.05, 3.63) is 11.4 Å².